The molecule has 16 heavy (non-hydrogen) atoms. The lowest BCUT2D eigenvalue weighted by Gasteiger charge is -2.48. The Morgan fingerprint density at radius 1 is 1.06 bits per heavy atom. The molecule has 0 spiro atoms. The molecule has 3 heteroatoms. The van der Waals surface area contributed by atoms with Gasteiger partial charge in [0, 0.05) is 11.3 Å². The lowest BCUT2D eigenvalue weighted by Crippen LogP contribution is -2.59. The predicted octanol–water partition coefficient (Wildman–Crippen LogP) is 1.79. The van der Waals surface area contributed by atoms with E-state index in [-0.39, 0.29) is 23.3 Å². The lowest BCUT2D eigenvalue weighted by atomic mass is 9.51. The largest absolute Gasteiger partial charge is 0.299 e. The third-order valence-corrected chi connectivity index (χ3v) is 4.23. The van der Waals surface area contributed by atoms with E-state index in [1.165, 1.54) is 0 Å². The molecular formula is C13H18O3. The Labute approximate surface area is 95.6 Å². The zero-order chi connectivity index (χ0) is 12.3. The van der Waals surface area contributed by atoms with E-state index in [1.54, 1.807) is 6.92 Å². The highest BCUT2D eigenvalue weighted by Crippen LogP contribution is 2.50. The molecular weight excluding hydrogens is 204 g/mol. The second-order valence-corrected chi connectivity index (χ2v) is 6.17. The molecule has 0 unspecified atom stereocenters. The van der Waals surface area contributed by atoms with Crippen LogP contribution in [0.3, 0.4) is 0 Å². The first-order chi connectivity index (χ1) is 7.20. The first-order valence-electron chi connectivity index (χ1n) is 5.83. The normalized spacial score (nSPS) is 42.4. The number of hydrogen-bond acceptors (Lipinski definition) is 3. The van der Waals surface area contributed by atoms with Crippen molar-refractivity contribution in [3.8, 4) is 0 Å². The average Bonchev–Trinajstić information content (AvgIpc) is 2.19. The minimum absolute atomic E-state index is 0.0144. The van der Waals surface area contributed by atoms with Gasteiger partial charge in [0.15, 0.2) is 11.6 Å². The second kappa shape index (κ2) is 3.02. The van der Waals surface area contributed by atoms with E-state index < -0.39 is 16.7 Å². The monoisotopic (exact) mass is 222 g/mol. The molecule has 0 amide bonds. The SMILES string of the molecule is C[C@H]1C[C@@]2(C)C(=O)[C@H](CC(C)(C)C2=O)C1=O. The van der Waals surface area contributed by atoms with Gasteiger partial charge in [0.25, 0.3) is 0 Å². The van der Waals surface area contributed by atoms with Crippen LogP contribution in [-0.2, 0) is 14.4 Å². The van der Waals surface area contributed by atoms with Crippen molar-refractivity contribution in [1.82, 2.24) is 0 Å². The van der Waals surface area contributed by atoms with Crippen LogP contribution in [0.25, 0.3) is 0 Å². The standard InChI is InChI=1S/C13H18O3/c1-7-5-13(4)10(15)8(9(7)14)6-12(2,3)11(13)16/h7-8H,5-6H2,1-4H3/t7-,8+,13-/m0/s1. The Balaban J connectivity index is 2.52. The molecule has 0 heterocycles. The van der Waals surface area contributed by atoms with Crippen LogP contribution in [0.2, 0.25) is 0 Å². The molecule has 0 aromatic heterocycles. The quantitative estimate of drug-likeness (QED) is 0.587. The van der Waals surface area contributed by atoms with Crippen molar-refractivity contribution in [3.05, 3.63) is 0 Å². The fraction of sp³-hybridized carbons (Fsp3) is 0.769. The van der Waals surface area contributed by atoms with Crippen LogP contribution in [-0.4, -0.2) is 17.3 Å². The Morgan fingerprint density at radius 3 is 2.19 bits per heavy atom. The Hall–Kier alpha value is -0.990. The molecule has 2 saturated carbocycles. The highest BCUT2D eigenvalue weighted by molar-refractivity contribution is 6.20. The van der Waals surface area contributed by atoms with E-state index in [2.05, 4.69) is 0 Å². The lowest BCUT2D eigenvalue weighted by molar-refractivity contribution is -0.163. The van der Waals surface area contributed by atoms with Gasteiger partial charge in [-0.1, -0.05) is 20.8 Å². The minimum Gasteiger partial charge on any atom is -0.299 e. The van der Waals surface area contributed by atoms with Crippen molar-refractivity contribution in [1.29, 1.82) is 0 Å². The molecule has 0 aliphatic heterocycles. The number of hydrogen-bond donors (Lipinski definition) is 0. The molecule has 88 valence electrons. The van der Waals surface area contributed by atoms with Gasteiger partial charge >= 0.3 is 0 Å². The zero-order valence-corrected chi connectivity index (χ0v) is 10.3. The second-order valence-electron chi connectivity index (χ2n) is 6.17. The summed E-state index contributed by atoms with van der Waals surface area (Å²) in [5.74, 6) is -0.794. The first kappa shape index (κ1) is 11.5. The first-order valence-corrected chi connectivity index (χ1v) is 5.83. The number of ketones is 3. The molecule has 0 aromatic carbocycles. The highest BCUT2D eigenvalue weighted by atomic mass is 16.2. The number of Topliss-reactive ketones (excluding diaryl/α,β-unsaturated/α-hetero) is 3. The van der Waals surface area contributed by atoms with Crippen LogP contribution in [0.5, 0.6) is 0 Å². The van der Waals surface area contributed by atoms with Crippen molar-refractivity contribution in [2.45, 2.75) is 40.5 Å². The average molecular weight is 222 g/mol. The van der Waals surface area contributed by atoms with Gasteiger partial charge in [-0.15, -0.1) is 0 Å². The van der Waals surface area contributed by atoms with Gasteiger partial charge in [-0.05, 0) is 19.8 Å². The molecule has 2 aliphatic carbocycles. The van der Waals surface area contributed by atoms with Gasteiger partial charge in [0.2, 0.25) is 0 Å². The summed E-state index contributed by atoms with van der Waals surface area (Å²) in [4.78, 5) is 36.4. The molecule has 3 atom stereocenters. The van der Waals surface area contributed by atoms with Gasteiger partial charge in [-0.3, -0.25) is 14.4 Å². The van der Waals surface area contributed by atoms with Gasteiger partial charge in [0.05, 0.1) is 11.3 Å². The van der Waals surface area contributed by atoms with Gasteiger partial charge in [-0.25, -0.2) is 0 Å². The van der Waals surface area contributed by atoms with Crippen LogP contribution in [0.4, 0.5) is 0 Å². The van der Waals surface area contributed by atoms with E-state index >= 15 is 0 Å². The Bertz CT molecular complexity index is 394. The molecule has 2 fully saturated rings. The smallest absolute Gasteiger partial charge is 0.156 e. The fourth-order valence-corrected chi connectivity index (χ4v) is 3.42. The molecule has 2 rings (SSSR count). The van der Waals surface area contributed by atoms with Crippen LogP contribution >= 0.6 is 0 Å². The summed E-state index contributed by atoms with van der Waals surface area (Å²) >= 11 is 0. The summed E-state index contributed by atoms with van der Waals surface area (Å²) in [5, 5.41) is 0. The maximum Gasteiger partial charge on any atom is 0.156 e. The van der Waals surface area contributed by atoms with Crippen molar-refractivity contribution in [2.24, 2.45) is 22.7 Å². The molecule has 2 bridgehead atoms. The van der Waals surface area contributed by atoms with Gasteiger partial charge < -0.3 is 0 Å². The van der Waals surface area contributed by atoms with Crippen molar-refractivity contribution >= 4 is 17.3 Å². The van der Waals surface area contributed by atoms with E-state index in [9.17, 15) is 14.4 Å². The van der Waals surface area contributed by atoms with Crippen LogP contribution in [0.15, 0.2) is 0 Å². The highest BCUT2D eigenvalue weighted by Gasteiger charge is 2.60. The molecule has 2 aliphatic rings. The van der Waals surface area contributed by atoms with E-state index in [1.807, 2.05) is 20.8 Å². The maximum atomic E-state index is 12.3. The van der Waals surface area contributed by atoms with Crippen molar-refractivity contribution < 1.29 is 14.4 Å². The number of fused-ring (bicyclic) bond motifs is 2. The Kier molecular flexibility index (Phi) is 2.17. The Morgan fingerprint density at radius 2 is 1.62 bits per heavy atom. The van der Waals surface area contributed by atoms with Crippen molar-refractivity contribution in [3.63, 3.8) is 0 Å². The zero-order valence-electron chi connectivity index (χ0n) is 10.3. The molecule has 0 aromatic rings. The van der Waals surface area contributed by atoms with Crippen LogP contribution in [0, 0.1) is 22.7 Å². The minimum atomic E-state index is -0.917. The van der Waals surface area contributed by atoms with E-state index in [4.69, 9.17) is 0 Å². The number of rotatable bonds is 0. The predicted molar refractivity (Wildman–Crippen MR) is 58.8 cm³/mol. The molecule has 0 radical (unpaired) electrons. The number of carbonyl (C=O) groups excluding carboxylic acids is 3. The summed E-state index contributed by atoms with van der Waals surface area (Å²) in [6.45, 7) is 7.23. The van der Waals surface area contributed by atoms with E-state index in [0.717, 1.165) is 0 Å². The van der Waals surface area contributed by atoms with Gasteiger partial charge in [0.1, 0.15) is 5.78 Å². The van der Waals surface area contributed by atoms with Crippen molar-refractivity contribution in [2.75, 3.05) is 0 Å². The molecule has 0 N–H and O–H groups in total. The summed E-state index contributed by atoms with van der Waals surface area (Å²) in [6.07, 6.45) is 0.785. The van der Waals surface area contributed by atoms with Gasteiger partial charge in [-0.2, -0.15) is 0 Å². The maximum absolute atomic E-state index is 12.3. The van der Waals surface area contributed by atoms with E-state index in [0.29, 0.717) is 12.8 Å². The number of carbonyl (C=O) groups is 3. The fourth-order valence-electron chi connectivity index (χ4n) is 3.42. The third-order valence-electron chi connectivity index (χ3n) is 4.23. The molecule has 3 nitrogen and oxygen atoms in total. The van der Waals surface area contributed by atoms with Crippen LogP contribution in [0.1, 0.15) is 40.5 Å². The summed E-state index contributed by atoms with van der Waals surface area (Å²) in [5.41, 5.74) is -1.46. The summed E-state index contributed by atoms with van der Waals surface area (Å²) in [7, 11) is 0. The summed E-state index contributed by atoms with van der Waals surface area (Å²) in [6, 6.07) is 0. The van der Waals surface area contributed by atoms with Crippen LogP contribution < -0.4 is 0 Å². The summed E-state index contributed by atoms with van der Waals surface area (Å²) < 4.78 is 0. The topological polar surface area (TPSA) is 51.2 Å². The third kappa shape index (κ3) is 1.23. The molecule has 0 saturated heterocycles.